The Labute approximate surface area is 120 Å². The molecule has 1 atom stereocenters. The average molecular weight is 291 g/mol. The molecule has 0 radical (unpaired) electrons. The van der Waals surface area contributed by atoms with Gasteiger partial charge in [-0.1, -0.05) is 18.2 Å². The van der Waals surface area contributed by atoms with Crippen LogP contribution in [0.2, 0.25) is 5.02 Å². The Morgan fingerprint density at radius 3 is 2.50 bits per heavy atom. The van der Waals surface area contributed by atoms with Gasteiger partial charge in [-0.3, -0.25) is 14.5 Å². The summed E-state index contributed by atoms with van der Waals surface area (Å²) in [6.07, 6.45) is 0.962. The number of hydrogen-bond donors (Lipinski definition) is 0. The molecule has 0 saturated carbocycles. The molecule has 20 heavy (non-hydrogen) atoms. The van der Waals surface area contributed by atoms with Gasteiger partial charge < -0.3 is 0 Å². The molecule has 102 valence electrons. The van der Waals surface area contributed by atoms with E-state index in [0.717, 1.165) is 11.1 Å². The van der Waals surface area contributed by atoms with Crippen LogP contribution in [0.5, 0.6) is 0 Å². The van der Waals surface area contributed by atoms with Crippen molar-refractivity contribution in [3.8, 4) is 0 Å². The Morgan fingerprint density at radius 2 is 1.90 bits per heavy atom. The zero-order valence-corrected chi connectivity index (χ0v) is 11.4. The highest BCUT2D eigenvalue weighted by Gasteiger charge is 2.33. The van der Waals surface area contributed by atoms with Crippen LogP contribution in [-0.4, -0.2) is 34.8 Å². The Kier molecular flexibility index (Phi) is 3.81. The smallest absolute Gasteiger partial charge is 0.291 e. The number of carbonyl (C=O) groups excluding carboxylic acids is 3. The fraction of sp³-hybridized carbons (Fsp3) is 0.143. The van der Waals surface area contributed by atoms with Crippen molar-refractivity contribution in [2.24, 2.45) is 4.99 Å². The first kappa shape index (κ1) is 14.1. The summed E-state index contributed by atoms with van der Waals surface area (Å²) in [6, 6.07) is 4.72. The van der Waals surface area contributed by atoms with Crippen LogP contribution in [-0.2, 0) is 4.79 Å². The number of allylic oxidation sites excluding steroid dienone is 1. The summed E-state index contributed by atoms with van der Waals surface area (Å²) in [6.45, 7) is 5.13. The van der Waals surface area contributed by atoms with Crippen molar-refractivity contribution < 1.29 is 14.4 Å². The third-order valence-electron chi connectivity index (χ3n) is 2.97. The molecule has 0 aliphatic carbocycles. The summed E-state index contributed by atoms with van der Waals surface area (Å²) in [5, 5.41) is 0.495. The van der Waals surface area contributed by atoms with E-state index < -0.39 is 17.9 Å². The first-order valence-corrected chi connectivity index (χ1v) is 6.20. The van der Waals surface area contributed by atoms with Gasteiger partial charge in [0.25, 0.3) is 0 Å². The van der Waals surface area contributed by atoms with Gasteiger partial charge >= 0.3 is 6.03 Å². The lowest BCUT2D eigenvalue weighted by atomic mass is 10.1. The molecule has 2 amide bonds. The highest BCUT2D eigenvalue weighted by Crippen LogP contribution is 2.19. The first-order chi connectivity index (χ1) is 9.41. The van der Waals surface area contributed by atoms with E-state index in [-0.39, 0.29) is 11.5 Å². The van der Waals surface area contributed by atoms with E-state index in [2.05, 4.69) is 11.6 Å². The Bertz CT molecular complexity index is 634. The van der Waals surface area contributed by atoms with Crippen LogP contribution in [0.25, 0.3) is 0 Å². The van der Waals surface area contributed by atoms with Gasteiger partial charge in [0.15, 0.2) is 5.78 Å². The number of halogens is 1. The molecule has 0 bridgehead atoms. The third kappa shape index (κ3) is 2.53. The van der Waals surface area contributed by atoms with Crippen molar-refractivity contribution in [2.45, 2.75) is 13.0 Å². The molecule has 2 rings (SSSR count). The average Bonchev–Trinajstić information content (AvgIpc) is 2.43. The zero-order chi connectivity index (χ0) is 14.9. The number of aliphatic imine (C=N–C) groups is 1. The van der Waals surface area contributed by atoms with Crippen LogP contribution in [0.3, 0.4) is 0 Å². The molecule has 0 N–H and O–H groups in total. The number of Topliss-reactive ketones (excluding diaryl/α,β-unsaturated/α-hetero) is 2. The van der Waals surface area contributed by atoms with Crippen LogP contribution < -0.4 is 0 Å². The summed E-state index contributed by atoms with van der Waals surface area (Å²) in [4.78, 5) is 40.0. The van der Waals surface area contributed by atoms with Crippen molar-refractivity contribution >= 4 is 35.4 Å². The highest BCUT2D eigenvalue weighted by molar-refractivity contribution is 6.34. The molecule has 1 aromatic carbocycles. The number of urea groups is 1. The molecular weight excluding hydrogens is 280 g/mol. The van der Waals surface area contributed by atoms with E-state index in [9.17, 15) is 14.4 Å². The summed E-state index contributed by atoms with van der Waals surface area (Å²) in [7, 11) is 0. The molecule has 1 aliphatic rings. The van der Waals surface area contributed by atoms with Gasteiger partial charge in [0.1, 0.15) is 6.04 Å². The van der Waals surface area contributed by atoms with Crippen LogP contribution >= 0.6 is 11.6 Å². The van der Waals surface area contributed by atoms with E-state index in [4.69, 9.17) is 11.6 Å². The molecule has 0 saturated heterocycles. The number of rotatable bonds is 3. The predicted octanol–water partition coefficient (Wildman–Crippen LogP) is 2.50. The van der Waals surface area contributed by atoms with E-state index in [1.807, 2.05) is 0 Å². The number of nitrogens with zero attached hydrogens (tertiary/aromatic N) is 2. The maximum Gasteiger partial charge on any atom is 0.348 e. The zero-order valence-electron chi connectivity index (χ0n) is 10.7. The monoisotopic (exact) mass is 290 g/mol. The fourth-order valence-corrected chi connectivity index (χ4v) is 1.93. The topological polar surface area (TPSA) is 66.8 Å². The third-order valence-corrected chi connectivity index (χ3v) is 3.22. The standard InChI is InChI=1S/C14H11ClN2O3/c1-8-12(18)7-16-14(20)17(8)9(2)13(19)10-3-5-11(15)6-4-10/h3-8H,2H2,1H3. The molecule has 0 fully saturated rings. The Balaban J connectivity index is 2.29. The van der Waals surface area contributed by atoms with Crippen LogP contribution in [0, 0.1) is 0 Å². The van der Waals surface area contributed by atoms with Gasteiger partial charge in [-0.05, 0) is 31.2 Å². The maximum absolute atomic E-state index is 12.3. The summed E-state index contributed by atoms with van der Waals surface area (Å²) >= 11 is 5.75. The Morgan fingerprint density at radius 1 is 1.30 bits per heavy atom. The van der Waals surface area contributed by atoms with Gasteiger partial charge in [0, 0.05) is 10.6 Å². The van der Waals surface area contributed by atoms with Crippen molar-refractivity contribution in [3.63, 3.8) is 0 Å². The van der Waals surface area contributed by atoms with E-state index in [1.165, 1.54) is 19.1 Å². The second-order valence-corrected chi connectivity index (χ2v) is 4.71. The molecule has 0 spiro atoms. The number of benzene rings is 1. The predicted molar refractivity (Wildman–Crippen MR) is 75.1 cm³/mol. The molecule has 0 aromatic heterocycles. The van der Waals surface area contributed by atoms with Crippen molar-refractivity contribution in [1.29, 1.82) is 0 Å². The van der Waals surface area contributed by atoms with Crippen molar-refractivity contribution in [2.75, 3.05) is 0 Å². The molecule has 1 aliphatic heterocycles. The number of hydrogen-bond acceptors (Lipinski definition) is 3. The lowest BCUT2D eigenvalue weighted by molar-refractivity contribution is -0.115. The van der Waals surface area contributed by atoms with E-state index in [0.29, 0.717) is 10.6 Å². The highest BCUT2D eigenvalue weighted by atomic mass is 35.5. The lowest BCUT2D eigenvalue weighted by Crippen LogP contribution is -2.46. The number of ketones is 2. The van der Waals surface area contributed by atoms with Gasteiger partial charge in [-0.25, -0.2) is 4.79 Å². The van der Waals surface area contributed by atoms with Gasteiger partial charge in [0.2, 0.25) is 5.78 Å². The Hall–Kier alpha value is -2.27. The molecule has 1 aromatic rings. The maximum atomic E-state index is 12.3. The second kappa shape index (κ2) is 5.38. The summed E-state index contributed by atoms with van der Waals surface area (Å²) < 4.78 is 0. The summed E-state index contributed by atoms with van der Waals surface area (Å²) in [5.41, 5.74) is 0.247. The molecule has 1 heterocycles. The largest absolute Gasteiger partial charge is 0.348 e. The van der Waals surface area contributed by atoms with E-state index in [1.54, 1.807) is 12.1 Å². The molecule has 6 heteroatoms. The quantitative estimate of drug-likeness (QED) is 0.634. The molecule has 5 nitrogen and oxygen atoms in total. The molecule has 1 unspecified atom stereocenters. The van der Waals surface area contributed by atoms with Crippen molar-refractivity contribution in [1.82, 2.24) is 4.90 Å². The minimum absolute atomic E-state index is 0.0879. The normalized spacial score (nSPS) is 18.3. The summed E-state index contributed by atoms with van der Waals surface area (Å²) in [5.74, 6) is -0.804. The van der Waals surface area contributed by atoms with Crippen molar-refractivity contribution in [3.05, 3.63) is 47.1 Å². The number of carbonyl (C=O) groups is 3. The molecular formula is C14H11ClN2O3. The first-order valence-electron chi connectivity index (χ1n) is 5.82. The van der Waals surface area contributed by atoms with E-state index >= 15 is 0 Å². The fourth-order valence-electron chi connectivity index (χ4n) is 1.81. The minimum Gasteiger partial charge on any atom is -0.291 e. The van der Waals surface area contributed by atoms with Gasteiger partial charge in [0.05, 0.1) is 11.9 Å². The SMILES string of the molecule is C=C(C(=O)c1ccc(Cl)cc1)N1C(=O)N=CC(=O)C1C. The van der Waals surface area contributed by atoms with Crippen LogP contribution in [0.15, 0.2) is 41.5 Å². The van der Waals surface area contributed by atoms with Crippen LogP contribution in [0.4, 0.5) is 4.79 Å². The van der Waals surface area contributed by atoms with Gasteiger partial charge in [-0.2, -0.15) is 4.99 Å². The van der Waals surface area contributed by atoms with Crippen LogP contribution in [0.1, 0.15) is 17.3 Å². The van der Waals surface area contributed by atoms with Gasteiger partial charge in [-0.15, -0.1) is 0 Å². The lowest BCUT2D eigenvalue weighted by Gasteiger charge is -2.28. The minimum atomic E-state index is -0.788. The second-order valence-electron chi connectivity index (χ2n) is 4.27. The number of amides is 2.